The van der Waals surface area contributed by atoms with Crippen LogP contribution in [-0.4, -0.2) is 18.0 Å². The van der Waals surface area contributed by atoms with Crippen LogP contribution in [0, 0.1) is 5.82 Å². The molecular weight excluding hydrogens is 245 g/mol. The summed E-state index contributed by atoms with van der Waals surface area (Å²) in [7, 11) is 0. The highest BCUT2D eigenvalue weighted by molar-refractivity contribution is 9.10. The lowest BCUT2D eigenvalue weighted by Crippen LogP contribution is -2.22. The van der Waals surface area contributed by atoms with Crippen molar-refractivity contribution >= 4 is 15.9 Å². The molecule has 0 aliphatic heterocycles. The molecule has 1 nitrogen and oxygen atoms in total. The van der Waals surface area contributed by atoms with Gasteiger partial charge in [-0.05, 0) is 46.7 Å². The Balaban J connectivity index is 2.72. The van der Waals surface area contributed by atoms with Crippen LogP contribution in [0.15, 0.2) is 22.7 Å². The maximum Gasteiger partial charge on any atom is 0.137 e. The molecule has 1 rings (SSSR count). The molecule has 0 atom stereocenters. The van der Waals surface area contributed by atoms with E-state index in [1.807, 2.05) is 12.1 Å². The van der Waals surface area contributed by atoms with Crippen LogP contribution in [0.5, 0.6) is 0 Å². The van der Waals surface area contributed by atoms with Gasteiger partial charge in [0.05, 0.1) is 4.47 Å². The molecular formula is C11H15BrFN. The van der Waals surface area contributed by atoms with Crippen molar-refractivity contribution in [3.05, 3.63) is 34.1 Å². The largest absolute Gasteiger partial charge is 0.300 e. The van der Waals surface area contributed by atoms with Gasteiger partial charge in [-0.15, -0.1) is 0 Å². The van der Waals surface area contributed by atoms with Crippen molar-refractivity contribution in [2.24, 2.45) is 0 Å². The third-order valence-corrected chi connectivity index (χ3v) is 2.89. The lowest BCUT2D eigenvalue weighted by atomic mass is 10.2. The second-order valence-corrected chi connectivity index (χ2v) is 4.06. The van der Waals surface area contributed by atoms with Gasteiger partial charge in [-0.2, -0.15) is 0 Å². The fourth-order valence-corrected chi connectivity index (χ4v) is 1.77. The molecule has 0 fully saturated rings. The zero-order valence-electron chi connectivity index (χ0n) is 8.56. The molecule has 0 saturated heterocycles. The van der Waals surface area contributed by atoms with E-state index in [4.69, 9.17) is 0 Å². The van der Waals surface area contributed by atoms with Crippen LogP contribution in [0.3, 0.4) is 0 Å². The molecule has 14 heavy (non-hydrogen) atoms. The highest BCUT2D eigenvalue weighted by Crippen LogP contribution is 2.17. The molecule has 3 heteroatoms. The molecule has 0 saturated carbocycles. The normalized spacial score (nSPS) is 10.9. The second-order valence-electron chi connectivity index (χ2n) is 3.21. The molecule has 78 valence electrons. The summed E-state index contributed by atoms with van der Waals surface area (Å²) < 4.78 is 13.5. The van der Waals surface area contributed by atoms with Gasteiger partial charge >= 0.3 is 0 Å². The monoisotopic (exact) mass is 259 g/mol. The molecule has 0 N–H and O–H groups in total. The molecule has 0 spiro atoms. The van der Waals surface area contributed by atoms with Crippen molar-refractivity contribution in [3.8, 4) is 0 Å². The zero-order chi connectivity index (χ0) is 10.6. The van der Waals surface area contributed by atoms with Crippen LogP contribution in [0.1, 0.15) is 19.4 Å². The summed E-state index contributed by atoms with van der Waals surface area (Å²) in [6, 6.07) is 5.18. The van der Waals surface area contributed by atoms with Gasteiger partial charge < -0.3 is 0 Å². The standard InChI is InChI=1S/C11H15BrFN/c1-3-14(4-2)8-9-5-6-11(13)10(12)7-9/h5-7H,3-4,8H2,1-2H3. The quantitative estimate of drug-likeness (QED) is 0.801. The van der Waals surface area contributed by atoms with Gasteiger partial charge in [-0.25, -0.2) is 4.39 Å². The topological polar surface area (TPSA) is 3.24 Å². The van der Waals surface area contributed by atoms with Crippen molar-refractivity contribution in [2.75, 3.05) is 13.1 Å². The molecule has 0 bridgehead atoms. The maximum absolute atomic E-state index is 12.9. The Bertz CT molecular complexity index is 297. The lowest BCUT2D eigenvalue weighted by Gasteiger charge is -2.18. The zero-order valence-corrected chi connectivity index (χ0v) is 10.1. The SMILES string of the molecule is CCN(CC)Cc1ccc(F)c(Br)c1. The van der Waals surface area contributed by atoms with Gasteiger partial charge in [0, 0.05) is 6.54 Å². The van der Waals surface area contributed by atoms with Crippen molar-refractivity contribution < 1.29 is 4.39 Å². The Morgan fingerprint density at radius 3 is 2.43 bits per heavy atom. The maximum atomic E-state index is 12.9. The Kier molecular flexibility index (Phi) is 4.55. The Morgan fingerprint density at radius 1 is 1.29 bits per heavy atom. The second kappa shape index (κ2) is 5.47. The molecule has 0 aromatic heterocycles. The first-order chi connectivity index (χ1) is 6.67. The van der Waals surface area contributed by atoms with Crippen LogP contribution in [0.4, 0.5) is 4.39 Å². The fraction of sp³-hybridized carbons (Fsp3) is 0.455. The molecule has 0 amide bonds. The Hall–Kier alpha value is -0.410. The number of benzene rings is 1. The molecule has 0 radical (unpaired) electrons. The van der Waals surface area contributed by atoms with Crippen molar-refractivity contribution in [1.82, 2.24) is 4.90 Å². The summed E-state index contributed by atoms with van der Waals surface area (Å²) in [6.07, 6.45) is 0. The van der Waals surface area contributed by atoms with Crippen molar-refractivity contribution in [1.29, 1.82) is 0 Å². The number of hydrogen-bond acceptors (Lipinski definition) is 1. The first-order valence-electron chi connectivity index (χ1n) is 4.83. The summed E-state index contributed by atoms with van der Waals surface area (Å²) >= 11 is 3.19. The molecule has 0 unspecified atom stereocenters. The van der Waals surface area contributed by atoms with E-state index in [0.717, 1.165) is 25.2 Å². The van der Waals surface area contributed by atoms with E-state index < -0.39 is 0 Å². The van der Waals surface area contributed by atoms with E-state index >= 15 is 0 Å². The summed E-state index contributed by atoms with van der Waals surface area (Å²) in [5.41, 5.74) is 1.14. The van der Waals surface area contributed by atoms with E-state index in [0.29, 0.717) is 4.47 Å². The highest BCUT2D eigenvalue weighted by Gasteiger charge is 2.03. The third kappa shape index (κ3) is 3.07. The first-order valence-corrected chi connectivity index (χ1v) is 5.63. The van der Waals surface area contributed by atoms with Gasteiger partial charge in [0.2, 0.25) is 0 Å². The number of rotatable bonds is 4. The Labute approximate surface area is 93.0 Å². The van der Waals surface area contributed by atoms with Gasteiger partial charge in [0.1, 0.15) is 5.82 Å². The summed E-state index contributed by atoms with van der Waals surface area (Å²) in [6.45, 7) is 7.17. The molecule has 0 aliphatic rings. The smallest absolute Gasteiger partial charge is 0.137 e. The minimum Gasteiger partial charge on any atom is -0.300 e. The minimum atomic E-state index is -0.201. The summed E-state index contributed by atoms with van der Waals surface area (Å²) in [5, 5.41) is 0. The van der Waals surface area contributed by atoms with E-state index in [2.05, 4.69) is 34.7 Å². The van der Waals surface area contributed by atoms with Gasteiger partial charge in [-0.1, -0.05) is 19.9 Å². The Morgan fingerprint density at radius 2 is 1.93 bits per heavy atom. The van der Waals surface area contributed by atoms with Crippen molar-refractivity contribution in [3.63, 3.8) is 0 Å². The number of halogens is 2. The average molecular weight is 260 g/mol. The molecule has 0 aliphatic carbocycles. The van der Waals surface area contributed by atoms with Gasteiger partial charge in [-0.3, -0.25) is 4.90 Å². The first kappa shape index (κ1) is 11.7. The fourth-order valence-electron chi connectivity index (χ4n) is 1.34. The van der Waals surface area contributed by atoms with E-state index in [1.54, 1.807) is 0 Å². The van der Waals surface area contributed by atoms with Crippen LogP contribution >= 0.6 is 15.9 Å². The summed E-state index contributed by atoms with van der Waals surface area (Å²) in [4.78, 5) is 2.29. The molecule has 0 heterocycles. The number of hydrogen-bond donors (Lipinski definition) is 0. The molecule has 1 aromatic rings. The minimum absolute atomic E-state index is 0.201. The van der Waals surface area contributed by atoms with Crippen LogP contribution < -0.4 is 0 Å². The van der Waals surface area contributed by atoms with Crippen LogP contribution in [0.25, 0.3) is 0 Å². The van der Waals surface area contributed by atoms with E-state index in [1.165, 1.54) is 6.07 Å². The van der Waals surface area contributed by atoms with E-state index in [9.17, 15) is 4.39 Å². The summed E-state index contributed by atoms with van der Waals surface area (Å²) in [5.74, 6) is -0.201. The lowest BCUT2D eigenvalue weighted by molar-refractivity contribution is 0.295. The predicted octanol–water partition coefficient (Wildman–Crippen LogP) is 3.43. The van der Waals surface area contributed by atoms with Gasteiger partial charge in [0.25, 0.3) is 0 Å². The molecule has 1 aromatic carbocycles. The average Bonchev–Trinajstić information content (AvgIpc) is 2.19. The van der Waals surface area contributed by atoms with Crippen LogP contribution in [-0.2, 0) is 6.54 Å². The van der Waals surface area contributed by atoms with Crippen LogP contribution in [0.2, 0.25) is 0 Å². The highest BCUT2D eigenvalue weighted by atomic mass is 79.9. The predicted molar refractivity (Wildman–Crippen MR) is 60.7 cm³/mol. The van der Waals surface area contributed by atoms with Gasteiger partial charge in [0.15, 0.2) is 0 Å². The van der Waals surface area contributed by atoms with E-state index in [-0.39, 0.29) is 5.82 Å². The number of nitrogens with zero attached hydrogens (tertiary/aromatic N) is 1. The van der Waals surface area contributed by atoms with Crippen molar-refractivity contribution in [2.45, 2.75) is 20.4 Å². The third-order valence-electron chi connectivity index (χ3n) is 2.28.